The van der Waals surface area contributed by atoms with Gasteiger partial charge in [-0.15, -0.1) is 10.2 Å². The largest absolute Gasteiger partial charge is 0.419 e. The molecule has 0 radical (unpaired) electrons. The van der Waals surface area contributed by atoms with Gasteiger partial charge in [0.1, 0.15) is 5.69 Å². The number of rotatable bonds is 4. The van der Waals surface area contributed by atoms with Crippen LogP contribution in [0.1, 0.15) is 23.9 Å². The standard InChI is InChI=1S/C17H16ClN5O3S/c1-11-8-20-15(9-19-11)17-22-21-16(26-17)12-6-7-23(10-12)27(24,25)14-4-2-13(18)3-5-14/h2-5,8-9,12H,6-7,10H2,1H3/t12-/m0/s1. The van der Waals surface area contributed by atoms with Crippen molar-refractivity contribution in [2.45, 2.75) is 24.2 Å². The molecule has 10 heteroatoms. The molecule has 1 fully saturated rings. The molecule has 0 bridgehead atoms. The van der Waals surface area contributed by atoms with E-state index in [4.69, 9.17) is 16.0 Å². The van der Waals surface area contributed by atoms with Crippen LogP contribution in [0.2, 0.25) is 5.02 Å². The maximum Gasteiger partial charge on any atom is 0.267 e. The lowest BCUT2D eigenvalue weighted by Gasteiger charge is -2.16. The van der Waals surface area contributed by atoms with Crippen molar-refractivity contribution in [1.29, 1.82) is 0 Å². The Balaban J connectivity index is 1.51. The van der Waals surface area contributed by atoms with Crippen molar-refractivity contribution < 1.29 is 12.8 Å². The van der Waals surface area contributed by atoms with Gasteiger partial charge < -0.3 is 4.42 Å². The molecule has 3 aromatic rings. The fourth-order valence-corrected chi connectivity index (χ4v) is 4.54. The molecular formula is C17H16ClN5O3S. The van der Waals surface area contributed by atoms with Crippen molar-refractivity contribution in [3.05, 3.63) is 53.3 Å². The molecule has 0 spiro atoms. The van der Waals surface area contributed by atoms with E-state index in [1.54, 1.807) is 24.5 Å². The van der Waals surface area contributed by atoms with E-state index in [2.05, 4.69) is 20.2 Å². The minimum absolute atomic E-state index is 0.160. The summed E-state index contributed by atoms with van der Waals surface area (Å²) in [5, 5.41) is 8.58. The van der Waals surface area contributed by atoms with Gasteiger partial charge in [-0.1, -0.05) is 11.6 Å². The Labute approximate surface area is 161 Å². The molecule has 1 saturated heterocycles. The molecule has 0 aliphatic carbocycles. The Bertz CT molecular complexity index is 1050. The van der Waals surface area contributed by atoms with Crippen LogP contribution in [0.4, 0.5) is 0 Å². The summed E-state index contributed by atoms with van der Waals surface area (Å²) in [5.74, 6) is 0.518. The third kappa shape index (κ3) is 3.58. The summed E-state index contributed by atoms with van der Waals surface area (Å²) < 4.78 is 32.7. The van der Waals surface area contributed by atoms with Crippen LogP contribution in [0.25, 0.3) is 11.6 Å². The van der Waals surface area contributed by atoms with Crippen molar-refractivity contribution in [3.63, 3.8) is 0 Å². The van der Waals surface area contributed by atoms with Gasteiger partial charge in [0.2, 0.25) is 15.9 Å². The second-order valence-corrected chi connectivity index (χ2v) is 8.67. The molecule has 4 rings (SSSR count). The average molecular weight is 406 g/mol. The minimum Gasteiger partial charge on any atom is -0.419 e. The molecule has 0 unspecified atom stereocenters. The predicted molar refractivity (Wildman–Crippen MR) is 97.6 cm³/mol. The summed E-state index contributed by atoms with van der Waals surface area (Å²) in [6.45, 7) is 2.51. The molecule has 2 aromatic heterocycles. The van der Waals surface area contributed by atoms with Gasteiger partial charge in [-0.25, -0.2) is 13.4 Å². The Kier molecular flexibility index (Phi) is 4.67. The molecule has 1 aliphatic rings. The van der Waals surface area contributed by atoms with Crippen LogP contribution in [0, 0.1) is 6.92 Å². The summed E-state index contributed by atoms with van der Waals surface area (Å²) in [4.78, 5) is 8.59. The van der Waals surface area contributed by atoms with Gasteiger partial charge in [0.05, 0.1) is 22.7 Å². The number of benzene rings is 1. The molecule has 8 nitrogen and oxygen atoms in total. The van der Waals surface area contributed by atoms with Gasteiger partial charge in [0.15, 0.2) is 0 Å². The van der Waals surface area contributed by atoms with E-state index in [9.17, 15) is 8.42 Å². The zero-order valence-corrected chi connectivity index (χ0v) is 16.0. The van der Waals surface area contributed by atoms with E-state index >= 15 is 0 Å². The third-order valence-corrected chi connectivity index (χ3v) is 6.52. The van der Waals surface area contributed by atoms with E-state index in [1.165, 1.54) is 16.4 Å². The fraction of sp³-hybridized carbons (Fsp3) is 0.294. The molecule has 0 amide bonds. The van der Waals surface area contributed by atoms with E-state index in [1.807, 2.05) is 6.92 Å². The average Bonchev–Trinajstić information content (AvgIpc) is 3.32. The molecule has 1 atom stereocenters. The highest BCUT2D eigenvalue weighted by Gasteiger charge is 2.35. The highest BCUT2D eigenvalue weighted by atomic mass is 35.5. The van der Waals surface area contributed by atoms with Crippen LogP contribution < -0.4 is 0 Å². The molecule has 0 saturated carbocycles. The molecule has 140 valence electrons. The molecule has 27 heavy (non-hydrogen) atoms. The minimum atomic E-state index is -3.58. The fourth-order valence-electron chi connectivity index (χ4n) is 2.91. The number of aryl methyl sites for hydroxylation is 1. The van der Waals surface area contributed by atoms with Crippen molar-refractivity contribution in [2.24, 2.45) is 0 Å². The molecule has 0 N–H and O–H groups in total. The van der Waals surface area contributed by atoms with Gasteiger partial charge in [-0.3, -0.25) is 4.98 Å². The SMILES string of the molecule is Cc1cnc(-c2nnc([C@H]3CCN(S(=O)(=O)c4ccc(Cl)cc4)C3)o2)cn1. The summed E-state index contributed by atoms with van der Waals surface area (Å²) in [7, 11) is -3.58. The molecular weight excluding hydrogens is 390 g/mol. The van der Waals surface area contributed by atoms with E-state index in [0.717, 1.165) is 5.69 Å². The quantitative estimate of drug-likeness (QED) is 0.657. The van der Waals surface area contributed by atoms with E-state index in [0.29, 0.717) is 29.6 Å². The van der Waals surface area contributed by atoms with Crippen molar-refractivity contribution >= 4 is 21.6 Å². The second-order valence-electron chi connectivity index (χ2n) is 6.29. The number of nitrogens with zero attached hydrogens (tertiary/aromatic N) is 5. The maximum absolute atomic E-state index is 12.8. The summed E-state index contributed by atoms with van der Waals surface area (Å²) >= 11 is 5.84. The first-order valence-electron chi connectivity index (χ1n) is 8.31. The lowest BCUT2D eigenvalue weighted by Crippen LogP contribution is -2.28. The van der Waals surface area contributed by atoms with Crippen LogP contribution in [0.5, 0.6) is 0 Å². The first-order valence-corrected chi connectivity index (χ1v) is 10.1. The zero-order chi connectivity index (χ0) is 19.0. The van der Waals surface area contributed by atoms with Gasteiger partial charge >= 0.3 is 0 Å². The zero-order valence-electron chi connectivity index (χ0n) is 14.4. The number of hydrogen-bond acceptors (Lipinski definition) is 7. The number of hydrogen-bond donors (Lipinski definition) is 0. The van der Waals surface area contributed by atoms with Crippen LogP contribution in [-0.2, 0) is 10.0 Å². The second kappa shape index (κ2) is 6.99. The molecule has 1 aromatic carbocycles. The van der Waals surface area contributed by atoms with Crippen LogP contribution in [-0.4, -0.2) is 46.0 Å². The van der Waals surface area contributed by atoms with Gasteiger partial charge in [0, 0.05) is 24.3 Å². The van der Waals surface area contributed by atoms with Crippen LogP contribution >= 0.6 is 11.6 Å². The smallest absolute Gasteiger partial charge is 0.267 e. The van der Waals surface area contributed by atoms with Gasteiger partial charge in [-0.2, -0.15) is 4.31 Å². The monoisotopic (exact) mass is 405 g/mol. The van der Waals surface area contributed by atoms with E-state index < -0.39 is 10.0 Å². The Morgan fingerprint density at radius 2 is 1.93 bits per heavy atom. The van der Waals surface area contributed by atoms with E-state index in [-0.39, 0.29) is 23.2 Å². The summed E-state index contributed by atoms with van der Waals surface area (Å²) in [6, 6.07) is 6.14. The third-order valence-electron chi connectivity index (χ3n) is 4.39. The topological polar surface area (TPSA) is 102 Å². The van der Waals surface area contributed by atoms with Crippen molar-refractivity contribution in [3.8, 4) is 11.6 Å². The summed E-state index contributed by atoms with van der Waals surface area (Å²) in [5.41, 5.74) is 1.28. The Hall–Kier alpha value is -2.36. The normalized spacial score (nSPS) is 18.1. The predicted octanol–water partition coefficient (Wildman–Crippen LogP) is 2.67. The van der Waals surface area contributed by atoms with Crippen LogP contribution in [0.3, 0.4) is 0 Å². The van der Waals surface area contributed by atoms with Crippen molar-refractivity contribution in [1.82, 2.24) is 24.5 Å². The Morgan fingerprint density at radius 3 is 2.63 bits per heavy atom. The number of aromatic nitrogens is 4. The van der Waals surface area contributed by atoms with Crippen LogP contribution in [0.15, 0.2) is 46.0 Å². The maximum atomic E-state index is 12.8. The molecule has 3 heterocycles. The van der Waals surface area contributed by atoms with Gasteiger partial charge in [0.25, 0.3) is 5.89 Å². The lowest BCUT2D eigenvalue weighted by molar-refractivity contribution is 0.439. The first kappa shape index (κ1) is 18.0. The molecule has 1 aliphatic heterocycles. The summed E-state index contributed by atoms with van der Waals surface area (Å²) in [6.07, 6.45) is 3.79. The first-order chi connectivity index (χ1) is 12.9. The number of sulfonamides is 1. The van der Waals surface area contributed by atoms with Gasteiger partial charge in [-0.05, 0) is 37.6 Å². The lowest BCUT2D eigenvalue weighted by atomic mass is 10.1. The number of halogens is 1. The highest BCUT2D eigenvalue weighted by Crippen LogP contribution is 2.31. The highest BCUT2D eigenvalue weighted by molar-refractivity contribution is 7.89. The Morgan fingerprint density at radius 1 is 1.15 bits per heavy atom. The van der Waals surface area contributed by atoms with Crippen molar-refractivity contribution in [2.75, 3.05) is 13.1 Å².